The fourth-order valence-corrected chi connectivity index (χ4v) is 2.07. The van der Waals surface area contributed by atoms with Crippen LogP contribution in [-0.4, -0.2) is 14.7 Å². The Morgan fingerprint density at radius 1 is 1.67 bits per heavy atom. The first-order chi connectivity index (χ1) is 7.14. The number of hydrogen-bond acceptors (Lipinski definition) is 2. The molecule has 0 saturated carbocycles. The van der Waals surface area contributed by atoms with E-state index in [-0.39, 0.29) is 0 Å². The highest BCUT2D eigenvalue weighted by Gasteiger charge is 2.31. The van der Waals surface area contributed by atoms with Crippen LogP contribution in [-0.2, 0) is 12.6 Å². The van der Waals surface area contributed by atoms with Gasteiger partial charge in [0.1, 0.15) is 5.60 Å². The molecule has 2 atom stereocenters. The second-order valence-electron chi connectivity index (χ2n) is 4.41. The number of rotatable bonds is 2. The highest BCUT2D eigenvalue weighted by molar-refractivity contribution is 5.20. The molecule has 3 heteroatoms. The average Bonchev–Trinajstić information content (AvgIpc) is 2.67. The Labute approximate surface area is 90.5 Å². The lowest BCUT2D eigenvalue weighted by Crippen LogP contribution is -2.27. The summed E-state index contributed by atoms with van der Waals surface area (Å²) < 4.78 is 1.87. The molecular weight excluding hydrogens is 188 g/mol. The maximum Gasteiger partial charge on any atom is 0.126 e. The van der Waals surface area contributed by atoms with E-state index in [9.17, 15) is 5.11 Å². The Morgan fingerprint density at radius 3 is 2.93 bits per heavy atom. The van der Waals surface area contributed by atoms with Crippen LogP contribution in [0.25, 0.3) is 0 Å². The van der Waals surface area contributed by atoms with Crippen molar-refractivity contribution >= 4 is 0 Å². The van der Waals surface area contributed by atoms with Crippen molar-refractivity contribution in [2.45, 2.75) is 31.8 Å². The number of nitrogens with zero attached hydrogens (tertiary/aromatic N) is 2. The molecule has 82 valence electrons. The first kappa shape index (κ1) is 10.4. The molecule has 0 aliphatic heterocycles. The predicted molar refractivity (Wildman–Crippen MR) is 59.3 cm³/mol. The van der Waals surface area contributed by atoms with E-state index in [0.717, 1.165) is 25.0 Å². The van der Waals surface area contributed by atoms with E-state index < -0.39 is 5.60 Å². The lowest BCUT2D eigenvalue weighted by atomic mass is 9.82. The van der Waals surface area contributed by atoms with Crippen LogP contribution in [0, 0.1) is 5.92 Å². The van der Waals surface area contributed by atoms with Crippen LogP contribution in [0.5, 0.6) is 0 Å². The van der Waals surface area contributed by atoms with Crippen molar-refractivity contribution in [3.63, 3.8) is 0 Å². The van der Waals surface area contributed by atoms with Gasteiger partial charge < -0.3 is 9.67 Å². The topological polar surface area (TPSA) is 38.0 Å². The summed E-state index contributed by atoms with van der Waals surface area (Å²) in [6, 6.07) is 0. The monoisotopic (exact) mass is 206 g/mol. The zero-order chi connectivity index (χ0) is 10.9. The smallest absolute Gasteiger partial charge is 0.126 e. The summed E-state index contributed by atoms with van der Waals surface area (Å²) in [6.45, 7) is 2.18. The second kappa shape index (κ2) is 3.81. The van der Waals surface area contributed by atoms with Gasteiger partial charge in [-0.25, -0.2) is 4.98 Å². The summed E-state index contributed by atoms with van der Waals surface area (Å²) in [5, 5.41) is 10.4. The summed E-state index contributed by atoms with van der Waals surface area (Å²) in [5.41, 5.74) is -0.0803. The standard InChI is InChI=1S/C12H18N2O/c1-3-10-4-6-12(15,7-5-10)11-8-14(2)9-13-11/h4,6,8-10,15H,3,5,7H2,1-2H3. The fourth-order valence-electron chi connectivity index (χ4n) is 2.07. The molecule has 0 spiro atoms. The van der Waals surface area contributed by atoms with Crippen LogP contribution >= 0.6 is 0 Å². The molecule has 2 rings (SSSR count). The molecule has 0 amide bonds. The lowest BCUT2D eigenvalue weighted by molar-refractivity contribution is 0.0620. The van der Waals surface area contributed by atoms with E-state index in [2.05, 4.69) is 18.0 Å². The molecule has 1 aliphatic carbocycles. The van der Waals surface area contributed by atoms with Crippen molar-refractivity contribution in [2.24, 2.45) is 13.0 Å². The number of aryl methyl sites for hydroxylation is 1. The molecule has 0 bridgehead atoms. The van der Waals surface area contributed by atoms with Gasteiger partial charge in [-0.3, -0.25) is 0 Å². The maximum absolute atomic E-state index is 10.4. The third-order valence-electron chi connectivity index (χ3n) is 3.21. The number of aromatic nitrogens is 2. The van der Waals surface area contributed by atoms with Crippen LogP contribution < -0.4 is 0 Å². The normalized spacial score (nSPS) is 30.7. The molecule has 0 aromatic carbocycles. The number of aliphatic hydroxyl groups is 1. The molecule has 1 aromatic rings. The minimum Gasteiger partial charge on any atom is -0.379 e. The van der Waals surface area contributed by atoms with E-state index >= 15 is 0 Å². The minimum atomic E-state index is -0.840. The van der Waals surface area contributed by atoms with Crippen molar-refractivity contribution in [3.05, 3.63) is 30.4 Å². The van der Waals surface area contributed by atoms with E-state index in [4.69, 9.17) is 0 Å². The molecule has 1 N–H and O–H groups in total. The quantitative estimate of drug-likeness (QED) is 0.751. The minimum absolute atomic E-state index is 0.619. The third kappa shape index (κ3) is 1.97. The zero-order valence-corrected chi connectivity index (χ0v) is 9.35. The van der Waals surface area contributed by atoms with Crippen LogP contribution in [0.15, 0.2) is 24.7 Å². The highest BCUT2D eigenvalue weighted by Crippen LogP contribution is 2.34. The number of hydrogen-bond donors (Lipinski definition) is 1. The molecule has 0 radical (unpaired) electrons. The Morgan fingerprint density at radius 2 is 2.47 bits per heavy atom. The SMILES string of the molecule is CCC1C=CC(O)(c2cn(C)cn2)CC1. The first-order valence-electron chi connectivity index (χ1n) is 5.54. The Balaban J connectivity index is 2.22. The summed E-state index contributed by atoms with van der Waals surface area (Å²) in [4.78, 5) is 4.22. The Kier molecular flexibility index (Phi) is 2.65. The lowest BCUT2D eigenvalue weighted by Gasteiger charge is -2.29. The molecule has 3 nitrogen and oxygen atoms in total. The molecule has 0 fully saturated rings. The summed E-state index contributed by atoms with van der Waals surface area (Å²) in [5.74, 6) is 0.619. The van der Waals surface area contributed by atoms with Crippen molar-refractivity contribution in [2.75, 3.05) is 0 Å². The van der Waals surface area contributed by atoms with E-state index in [1.54, 1.807) is 6.33 Å². The van der Waals surface area contributed by atoms with E-state index in [0.29, 0.717) is 5.92 Å². The molecule has 2 unspecified atom stereocenters. The van der Waals surface area contributed by atoms with Gasteiger partial charge in [0.05, 0.1) is 12.0 Å². The largest absolute Gasteiger partial charge is 0.379 e. The van der Waals surface area contributed by atoms with Gasteiger partial charge >= 0.3 is 0 Å². The summed E-state index contributed by atoms with van der Waals surface area (Å²) >= 11 is 0. The Bertz CT molecular complexity index is 369. The fraction of sp³-hybridized carbons (Fsp3) is 0.583. The number of imidazole rings is 1. The first-order valence-corrected chi connectivity index (χ1v) is 5.54. The number of allylic oxidation sites excluding steroid dienone is 1. The van der Waals surface area contributed by atoms with Gasteiger partial charge in [-0.05, 0) is 25.2 Å². The Hall–Kier alpha value is -1.09. The molecular formula is C12H18N2O. The van der Waals surface area contributed by atoms with Crippen molar-refractivity contribution in [1.82, 2.24) is 9.55 Å². The third-order valence-corrected chi connectivity index (χ3v) is 3.21. The molecule has 1 heterocycles. The van der Waals surface area contributed by atoms with Crippen LogP contribution in [0.1, 0.15) is 31.9 Å². The van der Waals surface area contributed by atoms with Gasteiger partial charge in [-0.15, -0.1) is 0 Å². The predicted octanol–water partition coefficient (Wildman–Crippen LogP) is 1.98. The van der Waals surface area contributed by atoms with Gasteiger partial charge in [0.25, 0.3) is 0 Å². The van der Waals surface area contributed by atoms with Crippen molar-refractivity contribution in [1.29, 1.82) is 0 Å². The van der Waals surface area contributed by atoms with Crippen LogP contribution in [0.2, 0.25) is 0 Å². The van der Waals surface area contributed by atoms with Gasteiger partial charge in [-0.1, -0.05) is 19.1 Å². The van der Waals surface area contributed by atoms with Gasteiger partial charge in [0, 0.05) is 13.2 Å². The zero-order valence-electron chi connectivity index (χ0n) is 9.35. The van der Waals surface area contributed by atoms with Crippen molar-refractivity contribution < 1.29 is 5.11 Å². The van der Waals surface area contributed by atoms with E-state index in [1.807, 2.05) is 23.9 Å². The molecule has 1 aromatic heterocycles. The highest BCUT2D eigenvalue weighted by atomic mass is 16.3. The maximum atomic E-state index is 10.4. The summed E-state index contributed by atoms with van der Waals surface area (Å²) in [7, 11) is 1.92. The van der Waals surface area contributed by atoms with E-state index in [1.165, 1.54) is 0 Å². The molecule has 15 heavy (non-hydrogen) atoms. The van der Waals surface area contributed by atoms with Crippen LogP contribution in [0.4, 0.5) is 0 Å². The average molecular weight is 206 g/mol. The van der Waals surface area contributed by atoms with Gasteiger partial charge in [0.15, 0.2) is 0 Å². The molecule has 1 aliphatic rings. The van der Waals surface area contributed by atoms with Crippen LogP contribution in [0.3, 0.4) is 0 Å². The summed E-state index contributed by atoms with van der Waals surface area (Å²) in [6.07, 6.45) is 10.6. The van der Waals surface area contributed by atoms with Gasteiger partial charge in [0.2, 0.25) is 0 Å². The second-order valence-corrected chi connectivity index (χ2v) is 4.41. The molecule has 0 saturated heterocycles. The van der Waals surface area contributed by atoms with Gasteiger partial charge in [-0.2, -0.15) is 0 Å². The van der Waals surface area contributed by atoms with Crippen molar-refractivity contribution in [3.8, 4) is 0 Å².